The van der Waals surface area contributed by atoms with Crippen molar-refractivity contribution in [3.63, 3.8) is 0 Å². The first kappa shape index (κ1) is 96.5. The molecule has 4 amide bonds. The molecule has 5 heterocycles. The van der Waals surface area contributed by atoms with Crippen LogP contribution in [-0.4, -0.2) is 95.9 Å². The van der Waals surface area contributed by atoms with Crippen molar-refractivity contribution in [2.75, 3.05) is 21.3 Å². The molecule has 0 saturated heterocycles. The molecule has 12 aromatic carbocycles. The van der Waals surface area contributed by atoms with E-state index in [1.807, 2.05) is 91.0 Å². The number of benzodiazepines with no additional fused rings is 4. The van der Waals surface area contributed by atoms with E-state index in [2.05, 4.69) is 123 Å². The number of halogens is 5. The fraction of sp³-hybridized carbons (Fsp3) is 0.221. The van der Waals surface area contributed by atoms with E-state index < -0.39 is 24.2 Å². The lowest BCUT2D eigenvalue weighted by Crippen LogP contribution is -2.29. The average Bonchev–Trinajstić information content (AvgIpc) is 1.68. The zero-order valence-corrected chi connectivity index (χ0v) is 72.4. The molecule has 0 fully saturated rings. The second-order valence-corrected chi connectivity index (χ2v) is 34.9. The summed E-state index contributed by atoms with van der Waals surface area (Å²) < 4.78 is 0. The zero-order chi connectivity index (χ0) is 87.1. The van der Waals surface area contributed by atoms with Crippen LogP contribution in [0.25, 0.3) is 11.0 Å². The van der Waals surface area contributed by atoms with Crippen LogP contribution in [-0.2, 0) is 55.7 Å². The standard InChI is InChI=1S/C27H25ClN4O2.C26H25ClN2O2.C25H23ClN2O2.C22H16Cl2N2O2.4CH4/c1-27(2,3)19-7-5-4-6-15(19)12-23-25(33)30-20-11-9-17(28)14-18(20)24(29-23)16-8-10-21-22(13-16)32-26(34)31-21;1-26(2,3)21-7-5-4-6-17(21)14-23-25(31)29-22-13-10-18(27)15-20(22)24(28-23)16-8-11-19(30)12-9-16;1-15(2)20-6-4-3-5-17(20)13-23-25(30)28-22-12-9-18(26)14-21(22)24(27-23)16-7-10-19(29)11-8-16;23-15-7-10-19-17(12-15)21(13-5-8-16(27)9-6-13)25-20(22(28)26-19)11-14-3-1-2-4-18(14)24;;;;/h4-11,13-14,23H,12H2,1-3H3,(H,30,33)(H2,31,32,34);4-13,15,23,30H,14H2,1-3H3,(H,29,31);3-12,14-15,23,29H,13H2,1-2H3,(H,28,30);1-10,12,20,27H,11H2,(H,26,28);4*1H4. The Hall–Kier alpha value is -12.7. The summed E-state index contributed by atoms with van der Waals surface area (Å²) >= 11 is 31.4. The fourth-order valence-corrected chi connectivity index (χ4v) is 16.3. The molecule has 17 rings (SSSR count). The lowest BCUT2D eigenvalue weighted by Gasteiger charge is -2.24. The van der Waals surface area contributed by atoms with Crippen LogP contribution in [0, 0.1) is 0 Å². The van der Waals surface area contributed by atoms with E-state index in [0.717, 1.165) is 66.8 Å². The predicted molar refractivity (Wildman–Crippen MR) is 525 cm³/mol. The Morgan fingerprint density at radius 2 is 0.606 bits per heavy atom. The van der Waals surface area contributed by atoms with Gasteiger partial charge in [0, 0.05) is 95.3 Å². The topological polar surface area (TPSA) is 275 Å². The first-order valence-corrected chi connectivity index (χ1v) is 42.1. The number of phenols is 3. The van der Waals surface area contributed by atoms with Gasteiger partial charge in [0.15, 0.2) is 0 Å². The number of imidazole rings is 1. The number of nitrogens with zero attached hydrogens (tertiary/aromatic N) is 4. The van der Waals surface area contributed by atoms with Gasteiger partial charge in [-0.1, -0.05) is 240 Å². The highest BCUT2D eigenvalue weighted by Gasteiger charge is 2.34. The summed E-state index contributed by atoms with van der Waals surface area (Å²) in [6.07, 6.45) is 1.83. The summed E-state index contributed by atoms with van der Waals surface area (Å²) in [5.74, 6) is 0.186. The molecule has 0 spiro atoms. The maximum absolute atomic E-state index is 13.3. The molecule has 1 aromatic heterocycles. The van der Waals surface area contributed by atoms with Gasteiger partial charge in [-0.15, -0.1) is 0 Å². The van der Waals surface area contributed by atoms with Crippen molar-refractivity contribution in [1.82, 2.24) is 9.97 Å². The molecule has 4 unspecified atom stereocenters. The molecule has 23 heteroatoms. The SMILES string of the molecule is C.C.C.C.CC(C)(C)c1ccccc1CC1N=C(c2ccc(O)cc2)c2cc(Cl)ccc2NC1=O.CC(C)(C)c1ccccc1CC1N=C(c2ccc3[nH]c(=O)[nH]c3c2)c2cc(Cl)ccc2NC1=O.CC(C)c1ccccc1CC1N=C(c2ccc(O)cc2)c2cc(Cl)ccc2NC1=O.O=C1Nc2ccc(Cl)cc2C(c2ccc(O)cc2)=NC1Cc1ccccc1Cl. The molecule has 4 aliphatic heterocycles. The number of carbonyl (C=O) groups excluding carboxylic acids is 4. The number of H-pyrrole nitrogens is 2. The van der Waals surface area contributed by atoms with Crippen LogP contribution >= 0.6 is 58.0 Å². The van der Waals surface area contributed by atoms with E-state index in [9.17, 15) is 39.3 Å². The predicted octanol–water partition coefficient (Wildman–Crippen LogP) is 24.2. The number of benzene rings is 12. The first-order valence-electron chi connectivity index (χ1n) is 40.2. The minimum Gasteiger partial charge on any atom is -0.508 e. The van der Waals surface area contributed by atoms with E-state index >= 15 is 0 Å². The molecule has 9 N–H and O–H groups in total. The van der Waals surface area contributed by atoms with Crippen LogP contribution in [0.5, 0.6) is 17.2 Å². The van der Waals surface area contributed by atoms with Gasteiger partial charge in [0.1, 0.15) is 41.4 Å². The third-order valence-corrected chi connectivity index (χ3v) is 22.8. The number of aromatic hydroxyl groups is 3. The van der Waals surface area contributed by atoms with Crippen LogP contribution in [0.3, 0.4) is 0 Å². The number of aliphatic imine (C=N–C) groups is 4. The Labute approximate surface area is 767 Å². The average molecular weight is 1800 g/mol. The highest BCUT2D eigenvalue weighted by Crippen LogP contribution is 2.38. The molecule has 654 valence electrons. The molecule has 0 bridgehead atoms. The number of carbonyl (C=O) groups is 4. The van der Waals surface area contributed by atoms with Crippen molar-refractivity contribution in [2.24, 2.45) is 20.0 Å². The summed E-state index contributed by atoms with van der Waals surface area (Å²) in [5.41, 5.74) is 20.3. The molecule has 0 saturated carbocycles. The molecule has 127 heavy (non-hydrogen) atoms. The van der Waals surface area contributed by atoms with Gasteiger partial charge < -0.3 is 46.6 Å². The largest absolute Gasteiger partial charge is 0.508 e. The quantitative estimate of drug-likeness (QED) is 0.0534. The lowest BCUT2D eigenvalue weighted by molar-refractivity contribution is -0.118. The highest BCUT2D eigenvalue weighted by molar-refractivity contribution is 6.34. The molecule has 4 atom stereocenters. The van der Waals surface area contributed by atoms with E-state index in [1.54, 1.807) is 133 Å². The first-order chi connectivity index (χ1) is 58.8. The van der Waals surface area contributed by atoms with Crippen LogP contribution < -0.4 is 27.0 Å². The van der Waals surface area contributed by atoms with Gasteiger partial charge in [-0.2, -0.15) is 0 Å². The summed E-state index contributed by atoms with van der Waals surface area (Å²) in [4.78, 5) is 89.4. The van der Waals surface area contributed by atoms with Crippen molar-refractivity contribution in [3.05, 3.63) is 380 Å². The monoisotopic (exact) mass is 1800 g/mol. The number of hydrogen-bond acceptors (Lipinski definition) is 12. The third-order valence-electron chi connectivity index (χ3n) is 21.5. The highest BCUT2D eigenvalue weighted by atomic mass is 35.5. The summed E-state index contributed by atoms with van der Waals surface area (Å²) in [6.45, 7) is 17.3. The second kappa shape index (κ2) is 41.6. The minimum absolute atomic E-state index is 0. The number of nitrogens with one attached hydrogen (secondary N) is 6. The van der Waals surface area contributed by atoms with Crippen molar-refractivity contribution in [1.29, 1.82) is 0 Å². The van der Waals surface area contributed by atoms with Gasteiger partial charge in [0.05, 0.1) is 56.6 Å². The molecular formula is C104H105Cl5N10O8. The van der Waals surface area contributed by atoms with Gasteiger partial charge in [-0.3, -0.25) is 39.1 Å². The number of hydrogen-bond donors (Lipinski definition) is 9. The van der Waals surface area contributed by atoms with Crippen molar-refractivity contribution >= 4 is 138 Å². The van der Waals surface area contributed by atoms with Crippen LogP contribution in [0.2, 0.25) is 25.1 Å². The Morgan fingerprint density at radius 3 is 0.945 bits per heavy atom. The summed E-state index contributed by atoms with van der Waals surface area (Å²) in [7, 11) is 0. The van der Waals surface area contributed by atoms with Crippen molar-refractivity contribution in [2.45, 2.75) is 152 Å². The zero-order valence-electron chi connectivity index (χ0n) is 68.6. The van der Waals surface area contributed by atoms with E-state index in [-0.39, 0.29) is 87.1 Å². The Bertz CT molecular complexity index is 6400. The number of aromatic amines is 2. The van der Waals surface area contributed by atoms with Crippen LogP contribution in [0.1, 0.15) is 174 Å². The van der Waals surface area contributed by atoms with Gasteiger partial charge in [-0.25, -0.2) is 4.79 Å². The second-order valence-electron chi connectivity index (χ2n) is 32.7. The third kappa shape index (κ3) is 23.1. The Morgan fingerprint density at radius 1 is 0.323 bits per heavy atom. The summed E-state index contributed by atoms with van der Waals surface area (Å²) in [6, 6.07) is 76.9. The number of rotatable bonds is 13. The van der Waals surface area contributed by atoms with Gasteiger partial charge in [-0.05, 0) is 219 Å². The van der Waals surface area contributed by atoms with E-state index in [4.69, 9.17) is 78.0 Å². The van der Waals surface area contributed by atoms with Crippen molar-refractivity contribution < 1.29 is 34.5 Å². The van der Waals surface area contributed by atoms with Gasteiger partial charge in [0.2, 0.25) is 23.6 Å². The lowest BCUT2D eigenvalue weighted by atomic mass is 9.82. The number of aromatic nitrogens is 2. The minimum atomic E-state index is -0.658. The maximum atomic E-state index is 13.3. The molecule has 13 aromatic rings. The van der Waals surface area contributed by atoms with Gasteiger partial charge in [0.25, 0.3) is 0 Å². The number of amides is 4. The number of fused-ring (bicyclic) bond motifs is 5. The Kier molecular flexibility index (Phi) is 31.6. The summed E-state index contributed by atoms with van der Waals surface area (Å²) in [5, 5.41) is 43.9. The van der Waals surface area contributed by atoms with E-state index in [0.29, 0.717) is 113 Å². The van der Waals surface area contributed by atoms with Gasteiger partial charge >= 0.3 is 5.69 Å². The van der Waals surface area contributed by atoms with Crippen LogP contribution in [0.15, 0.2) is 286 Å². The molecule has 0 aliphatic carbocycles. The number of anilines is 4. The number of phenolic OH excluding ortho intramolecular Hbond substituents is 3. The molecule has 4 aliphatic rings. The smallest absolute Gasteiger partial charge is 0.323 e. The normalized spacial score (nSPS) is 15.5. The maximum Gasteiger partial charge on any atom is 0.323 e. The van der Waals surface area contributed by atoms with E-state index in [1.165, 1.54) is 16.7 Å². The molecular weight excluding hydrogens is 1690 g/mol. The Balaban J connectivity index is 0.000000175. The van der Waals surface area contributed by atoms with Crippen molar-refractivity contribution in [3.8, 4) is 17.2 Å². The molecule has 0 radical (unpaired) electrons. The van der Waals surface area contributed by atoms with Crippen LogP contribution in [0.4, 0.5) is 22.7 Å². The fourth-order valence-electron chi connectivity index (χ4n) is 15.4. The molecule has 18 nitrogen and oxygen atoms in total.